The van der Waals surface area contributed by atoms with E-state index < -0.39 is 0 Å². The Hall–Kier alpha value is -1.06. The van der Waals surface area contributed by atoms with Crippen LogP contribution in [-0.2, 0) is 4.79 Å². The molecule has 0 saturated heterocycles. The summed E-state index contributed by atoms with van der Waals surface area (Å²) < 4.78 is 0. The molecular weight excluding hydrogens is 296 g/mol. The summed E-state index contributed by atoms with van der Waals surface area (Å²) >= 11 is 0. The number of carbonyl (C=O) groups excluding carboxylic acids is 1. The maximum absolute atomic E-state index is 12.3. The van der Waals surface area contributed by atoms with Crippen LogP contribution >= 0.6 is 12.4 Å². The Balaban J connectivity index is 0.00000441. The lowest BCUT2D eigenvalue weighted by molar-refractivity contribution is -0.122. The lowest BCUT2D eigenvalue weighted by Gasteiger charge is -2.23. The van der Waals surface area contributed by atoms with Crippen LogP contribution in [0.3, 0.4) is 0 Å². The number of hydrogen-bond acceptors (Lipinski definition) is 2. The van der Waals surface area contributed by atoms with Gasteiger partial charge < -0.3 is 11.1 Å². The molecular formula is C18H31ClN2O. The van der Waals surface area contributed by atoms with Gasteiger partial charge in [-0.15, -0.1) is 12.4 Å². The second kappa shape index (κ2) is 11.5. The van der Waals surface area contributed by atoms with Crippen LogP contribution in [0.25, 0.3) is 0 Å². The molecule has 126 valence electrons. The van der Waals surface area contributed by atoms with Crippen LogP contribution < -0.4 is 11.1 Å². The minimum atomic E-state index is 0. The molecule has 0 bridgehead atoms. The second-order valence-electron chi connectivity index (χ2n) is 6.11. The summed E-state index contributed by atoms with van der Waals surface area (Å²) in [4.78, 5) is 12.3. The van der Waals surface area contributed by atoms with Crippen LogP contribution in [0.15, 0.2) is 30.3 Å². The average Bonchev–Trinajstić information content (AvgIpc) is 2.49. The lowest BCUT2D eigenvalue weighted by Crippen LogP contribution is -2.40. The SMILES string of the molecule is CCCCC(CN)NC(=O)CC(c1ccccc1)C(C)C.Cl. The van der Waals surface area contributed by atoms with Gasteiger partial charge in [0.25, 0.3) is 0 Å². The molecule has 3 N–H and O–H groups in total. The molecule has 0 aromatic heterocycles. The predicted octanol–water partition coefficient (Wildman–Crippen LogP) is 3.87. The minimum Gasteiger partial charge on any atom is -0.352 e. The third-order valence-corrected chi connectivity index (χ3v) is 3.99. The van der Waals surface area contributed by atoms with Gasteiger partial charge >= 0.3 is 0 Å². The molecule has 0 aliphatic carbocycles. The Bertz CT molecular complexity index is 409. The number of nitrogens with one attached hydrogen (secondary N) is 1. The summed E-state index contributed by atoms with van der Waals surface area (Å²) in [5.74, 6) is 0.810. The largest absolute Gasteiger partial charge is 0.352 e. The van der Waals surface area contributed by atoms with Gasteiger partial charge in [0.2, 0.25) is 5.91 Å². The van der Waals surface area contributed by atoms with E-state index in [1.807, 2.05) is 18.2 Å². The Kier molecular flexibility index (Phi) is 10.9. The number of rotatable bonds is 9. The van der Waals surface area contributed by atoms with Crippen LogP contribution in [0.1, 0.15) is 57.9 Å². The van der Waals surface area contributed by atoms with E-state index in [-0.39, 0.29) is 30.3 Å². The molecule has 0 aliphatic heterocycles. The third-order valence-electron chi connectivity index (χ3n) is 3.99. The van der Waals surface area contributed by atoms with E-state index in [2.05, 4.69) is 38.2 Å². The van der Waals surface area contributed by atoms with Crippen LogP contribution in [0, 0.1) is 5.92 Å². The van der Waals surface area contributed by atoms with Crippen molar-refractivity contribution in [1.82, 2.24) is 5.32 Å². The lowest BCUT2D eigenvalue weighted by atomic mass is 9.85. The smallest absolute Gasteiger partial charge is 0.220 e. The summed E-state index contributed by atoms with van der Waals surface area (Å²) in [5.41, 5.74) is 6.99. The highest BCUT2D eigenvalue weighted by atomic mass is 35.5. The molecule has 0 radical (unpaired) electrons. The van der Waals surface area contributed by atoms with E-state index in [1.165, 1.54) is 5.56 Å². The molecule has 0 spiro atoms. The Morgan fingerprint density at radius 1 is 1.23 bits per heavy atom. The fourth-order valence-corrected chi connectivity index (χ4v) is 2.62. The van der Waals surface area contributed by atoms with E-state index in [0.717, 1.165) is 19.3 Å². The van der Waals surface area contributed by atoms with Crippen molar-refractivity contribution in [3.05, 3.63) is 35.9 Å². The summed E-state index contributed by atoms with van der Waals surface area (Å²) in [5, 5.41) is 3.09. The van der Waals surface area contributed by atoms with Gasteiger partial charge in [-0.3, -0.25) is 4.79 Å². The van der Waals surface area contributed by atoms with Gasteiger partial charge in [-0.25, -0.2) is 0 Å². The second-order valence-corrected chi connectivity index (χ2v) is 6.11. The van der Waals surface area contributed by atoms with Gasteiger partial charge in [0.05, 0.1) is 0 Å². The van der Waals surface area contributed by atoms with Crippen molar-refractivity contribution in [2.75, 3.05) is 6.54 Å². The summed E-state index contributed by atoms with van der Waals surface area (Å²) in [6, 6.07) is 10.4. The van der Waals surface area contributed by atoms with Crippen molar-refractivity contribution < 1.29 is 4.79 Å². The number of carbonyl (C=O) groups is 1. The van der Waals surface area contributed by atoms with Crippen LogP contribution in [0.4, 0.5) is 0 Å². The molecule has 2 atom stereocenters. The molecule has 2 unspecified atom stereocenters. The zero-order valence-electron chi connectivity index (χ0n) is 14.0. The van der Waals surface area contributed by atoms with E-state index in [1.54, 1.807) is 0 Å². The number of hydrogen-bond donors (Lipinski definition) is 2. The Morgan fingerprint density at radius 3 is 2.36 bits per heavy atom. The highest BCUT2D eigenvalue weighted by molar-refractivity contribution is 5.85. The van der Waals surface area contributed by atoms with Crippen LogP contribution in [0.5, 0.6) is 0 Å². The summed E-state index contributed by atoms with van der Waals surface area (Å²) in [7, 11) is 0. The first-order chi connectivity index (χ1) is 10.1. The average molecular weight is 327 g/mol. The Labute approximate surface area is 141 Å². The molecule has 0 fully saturated rings. The van der Waals surface area contributed by atoms with E-state index in [9.17, 15) is 4.79 Å². The van der Waals surface area contributed by atoms with Gasteiger partial charge in [0.1, 0.15) is 0 Å². The molecule has 22 heavy (non-hydrogen) atoms. The number of benzene rings is 1. The highest BCUT2D eigenvalue weighted by Crippen LogP contribution is 2.27. The Morgan fingerprint density at radius 2 is 1.86 bits per heavy atom. The first kappa shape index (κ1) is 20.9. The van der Waals surface area contributed by atoms with Crippen LogP contribution in [0.2, 0.25) is 0 Å². The fraction of sp³-hybridized carbons (Fsp3) is 0.611. The molecule has 1 rings (SSSR count). The van der Waals surface area contributed by atoms with Crippen molar-refractivity contribution in [3.63, 3.8) is 0 Å². The van der Waals surface area contributed by atoms with Gasteiger partial charge in [0, 0.05) is 19.0 Å². The number of amides is 1. The molecule has 1 amide bonds. The van der Waals surface area contributed by atoms with Crippen LogP contribution in [-0.4, -0.2) is 18.5 Å². The fourth-order valence-electron chi connectivity index (χ4n) is 2.62. The van der Waals surface area contributed by atoms with E-state index in [0.29, 0.717) is 18.9 Å². The summed E-state index contributed by atoms with van der Waals surface area (Å²) in [6.45, 7) is 7.01. The van der Waals surface area contributed by atoms with Crippen molar-refractivity contribution in [1.29, 1.82) is 0 Å². The molecule has 0 aliphatic rings. The van der Waals surface area contributed by atoms with E-state index >= 15 is 0 Å². The molecule has 0 saturated carbocycles. The highest BCUT2D eigenvalue weighted by Gasteiger charge is 2.20. The van der Waals surface area contributed by atoms with Gasteiger partial charge in [0.15, 0.2) is 0 Å². The normalized spacial score (nSPS) is 13.3. The van der Waals surface area contributed by atoms with Gasteiger partial charge in [-0.05, 0) is 23.8 Å². The standard InChI is InChI=1S/C18H30N2O.ClH/c1-4-5-11-16(13-19)20-18(21)12-17(14(2)3)15-9-7-6-8-10-15;/h6-10,14,16-17H,4-5,11-13,19H2,1-3H3,(H,20,21);1H. The van der Waals surface area contributed by atoms with Crippen molar-refractivity contribution >= 4 is 18.3 Å². The molecule has 3 nitrogen and oxygen atoms in total. The zero-order chi connectivity index (χ0) is 15.7. The third kappa shape index (κ3) is 7.28. The number of unbranched alkanes of at least 4 members (excludes halogenated alkanes) is 1. The zero-order valence-corrected chi connectivity index (χ0v) is 14.9. The quantitative estimate of drug-likeness (QED) is 0.723. The van der Waals surface area contributed by atoms with Gasteiger partial charge in [-0.1, -0.05) is 63.9 Å². The first-order valence-electron chi connectivity index (χ1n) is 8.12. The van der Waals surface area contributed by atoms with Crippen molar-refractivity contribution in [2.45, 2.75) is 58.4 Å². The summed E-state index contributed by atoms with van der Waals surface area (Å²) in [6.07, 6.45) is 3.74. The van der Waals surface area contributed by atoms with Crippen molar-refractivity contribution in [2.24, 2.45) is 11.7 Å². The molecule has 4 heteroatoms. The van der Waals surface area contributed by atoms with E-state index in [4.69, 9.17) is 5.73 Å². The minimum absolute atomic E-state index is 0. The molecule has 1 aromatic carbocycles. The number of nitrogens with two attached hydrogens (primary N) is 1. The molecule has 1 aromatic rings. The predicted molar refractivity (Wildman–Crippen MR) is 96.4 cm³/mol. The molecule has 0 heterocycles. The van der Waals surface area contributed by atoms with Gasteiger partial charge in [-0.2, -0.15) is 0 Å². The monoisotopic (exact) mass is 326 g/mol. The maximum atomic E-state index is 12.3. The first-order valence-corrected chi connectivity index (χ1v) is 8.12. The topological polar surface area (TPSA) is 55.1 Å². The van der Waals surface area contributed by atoms with Crippen molar-refractivity contribution in [3.8, 4) is 0 Å². The number of halogens is 1. The maximum Gasteiger partial charge on any atom is 0.220 e.